The molecule has 0 saturated carbocycles. The largest absolute Gasteiger partial charge is 0.343 e. The van der Waals surface area contributed by atoms with Gasteiger partial charge >= 0.3 is 0 Å². The number of carbonyl (C=O) groups is 2. The van der Waals surface area contributed by atoms with Crippen molar-refractivity contribution < 1.29 is 9.59 Å². The Hall–Kier alpha value is -1.40. The fourth-order valence-corrected chi connectivity index (χ4v) is 2.41. The predicted molar refractivity (Wildman–Crippen MR) is 75.6 cm³/mol. The molecular formula is C13H16BrN3O2. The summed E-state index contributed by atoms with van der Waals surface area (Å²) in [4.78, 5) is 25.4. The van der Waals surface area contributed by atoms with Crippen molar-refractivity contribution in [3.8, 4) is 0 Å². The number of benzene rings is 1. The summed E-state index contributed by atoms with van der Waals surface area (Å²) in [7, 11) is 0. The Morgan fingerprint density at radius 1 is 1.47 bits per heavy atom. The zero-order chi connectivity index (χ0) is 13.8. The SMILES string of the molecule is N[C@@H]1CCN(C(=O)CNC(=O)c2cccc(Br)c2)C1. The van der Waals surface area contributed by atoms with E-state index in [9.17, 15) is 9.59 Å². The van der Waals surface area contributed by atoms with Crippen molar-refractivity contribution in [3.05, 3.63) is 34.3 Å². The second-order valence-corrected chi connectivity index (χ2v) is 5.50. The standard InChI is InChI=1S/C13H16BrN3O2/c14-10-3-1-2-9(6-10)13(19)16-7-12(18)17-5-4-11(15)8-17/h1-3,6,11H,4-5,7-8,15H2,(H,16,19)/t11-/m1/s1. The van der Waals surface area contributed by atoms with Gasteiger partial charge in [-0.25, -0.2) is 0 Å². The first-order valence-electron chi connectivity index (χ1n) is 6.13. The van der Waals surface area contributed by atoms with Crippen molar-refractivity contribution >= 4 is 27.7 Å². The van der Waals surface area contributed by atoms with Crippen LogP contribution in [0.2, 0.25) is 0 Å². The normalized spacial score (nSPS) is 18.4. The number of likely N-dealkylation sites (tertiary alicyclic amines) is 1. The fraction of sp³-hybridized carbons (Fsp3) is 0.385. The number of rotatable bonds is 3. The molecule has 1 saturated heterocycles. The van der Waals surface area contributed by atoms with Gasteiger partial charge in [-0.3, -0.25) is 9.59 Å². The van der Waals surface area contributed by atoms with Gasteiger partial charge in [0.2, 0.25) is 5.91 Å². The average molecular weight is 326 g/mol. The van der Waals surface area contributed by atoms with E-state index in [0.717, 1.165) is 10.9 Å². The molecule has 3 N–H and O–H groups in total. The van der Waals surface area contributed by atoms with E-state index in [1.807, 2.05) is 6.07 Å². The zero-order valence-electron chi connectivity index (χ0n) is 10.4. The molecule has 1 fully saturated rings. The van der Waals surface area contributed by atoms with Gasteiger partial charge < -0.3 is 16.0 Å². The van der Waals surface area contributed by atoms with Gasteiger partial charge in [-0.2, -0.15) is 0 Å². The van der Waals surface area contributed by atoms with Crippen LogP contribution in [0.5, 0.6) is 0 Å². The number of amides is 2. The van der Waals surface area contributed by atoms with Crippen LogP contribution in [0.4, 0.5) is 0 Å². The van der Waals surface area contributed by atoms with Crippen LogP contribution in [-0.2, 0) is 4.79 Å². The van der Waals surface area contributed by atoms with Crippen LogP contribution >= 0.6 is 15.9 Å². The van der Waals surface area contributed by atoms with Crippen molar-refractivity contribution in [2.24, 2.45) is 5.73 Å². The molecule has 0 spiro atoms. The highest BCUT2D eigenvalue weighted by Crippen LogP contribution is 2.11. The van der Waals surface area contributed by atoms with Gasteiger partial charge in [-0.1, -0.05) is 22.0 Å². The lowest BCUT2D eigenvalue weighted by Gasteiger charge is -2.16. The van der Waals surface area contributed by atoms with Crippen LogP contribution in [0.25, 0.3) is 0 Å². The van der Waals surface area contributed by atoms with Gasteiger partial charge in [-0.05, 0) is 24.6 Å². The minimum Gasteiger partial charge on any atom is -0.343 e. The molecular weight excluding hydrogens is 310 g/mol. The van der Waals surface area contributed by atoms with E-state index in [-0.39, 0.29) is 24.4 Å². The molecule has 0 aromatic heterocycles. The van der Waals surface area contributed by atoms with Crippen LogP contribution in [0, 0.1) is 0 Å². The minimum atomic E-state index is -0.252. The topological polar surface area (TPSA) is 75.4 Å². The van der Waals surface area contributed by atoms with Crippen LogP contribution in [0.1, 0.15) is 16.8 Å². The molecule has 1 aromatic rings. The molecule has 0 radical (unpaired) electrons. The van der Waals surface area contributed by atoms with Gasteiger partial charge in [0.25, 0.3) is 5.91 Å². The molecule has 2 amide bonds. The van der Waals surface area contributed by atoms with Crippen LogP contribution in [-0.4, -0.2) is 42.4 Å². The highest BCUT2D eigenvalue weighted by Gasteiger charge is 2.23. The Balaban J connectivity index is 1.85. The number of carbonyl (C=O) groups excluding carboxylic acids is 2. The lowest BCUT2D eigenvalue weighted by molar-refractivity contribution is -0.129. The van der Waals surface area contributed by atoms with Crippen LogP contribution in [0.3, 0.4) is 0 Å². The average Bonchev–Trinajstić information content (AvgIpc) is 2.82. The summed E-state index contributed by atoms with van der Waals surface area (Å²) in [6.07, 6.45) is 0.825. The summed E-state index contributed by atoms with van der Waals surface area (Å²) in [5, 5.41) is 2.63. The molecule has 1 aromatic carbocycles. The molecule has 0 aliphatic carbocycles. The summed E-state index contributed by atoms with van der Waals surface area (Å²) in [6.45, 7) is 1.26. The second kappa shape index (κ2) is 6.16. The van der Waals surface area contributed by atoms with E-state index in [4.69, 9.17) is 5.73 Å². The smallest absolute Gasteiger partial charge is 0.251 e. The van der Waals surface area contributed by atoms with Gasteiger partial charge in [0, 0.05) is 29.2 Å². The van der Waals surface area contributed by atoms with E-state index in [1.54, 1.807) is 23.1 Å². The van der Waals surface area contributed by atoms with Crippen LogP contribution in [0.15, 0.2) is 28.7 Å². The van der Waals surface area contributed by atoms with E-state index >= 15 is 0 Å². The van der Waals surface area contributed by atoms with Crippen molar-refractivity contribution in [1.29, 1.82) is 0 Å². The number of nitrogens with one attached hydrogen (secondary N) is 1. The molecule has 1 atom stereocenters. The summed E-state index contributed by atoms with van der Waals surface area (Å²) < 4.78 is 0.831. The number of hydrogen-bond acceptors (Lipinski definition) is 3. The first-order chi connectivity index (χ1) is 9.06. The third-order valence-electron chi connectivity index (χ3n) is 3.06. The number of nitrogens with zero attached hydrogens (tertiary/aromatic N) is 1. The van der Waals surface area contributed by atoms with Crippen molar-refractivity contribution in [2.75, 3.05) is 19.6 Å². The van der Waals surface area contributed by atoms with Gasteiger partial charge in [0.1, 0.15) is 0 Å². The number of nitrogens with two attached hydrogens (primary N) is 1. The predicted octanol–water partition coefficient (Wildman–Crippen LogP) is 0.739. The molecule has 2 rings (SSSR count). The van der Waals surface area contributed by atoms with Crippen molar-refractivity contribution in [2.45, 2.75) is 12.5 Å². The second-order valence-electron chi connectivity index (χ2n) is 4.58. The van der Waals surface area contributed by atoms with Crippen molar-refractivity contribution in [1.82, 2.24) is 10.2 Å². The molecule has 6 heteroatoms. The van der Waals surface area contributed by atoms with E-state index < -0.39 is 0 Å². The molecule has 5 nitrogen and oxygen atoms in total. The number of hydrogen-bond donors (Lipinski definition) is 2. The Bertz CT molecular complexity index is 493. The third kappa shape index (κ3) is 3.78. The Kier molecular flexibility index (Phi) is 4.55. The van der Waals surface area contributed by atoms with Gasteiger partial charge in [-0.15, -0.1) is 0 Å². The number of halogens is 1. The van der Waals surface area contributed by atoms with E-state index in [2.05, 4.69) is 21.2 Å². The lowest BCUT2D eigenvalue weighted by atomic mass is 10.2. The maximum absolute atomic E-state index is 11.9. The highest BCUT2D eigenvalue weighted by atomic mass is 79.9. The third-order valence-corrected chi connectivity index (χ3v) is 3.56. The summed E-state index contributed by atoms with van der Waals surface area (Å²) in [5.41, 5.74) is 6.27. The first-order valence-corrected chi connectivity index (χ1v) is 6.92. The molecule has 1 aliphatic heterocycles. The maximum atomic E-state index is 11.9. The monoisotopic (exact) mass is 325 g/mol. The first kappa shape index (κ1) is 14.0. The molecule has 0 bridgehead atoms. The van der Waals surface area contributed by atoms with Gasteiger partial charge in [0.05, 0.1) is 6.54 Å². The molecule has 0 unspecified atom stereocenters. The quantitative estimate of drug-likeness (QED) is 0.860. The molecule has 1 aliphatic rings. The summed E-state index contributed by atoms with van der Waals surface area (Å²) >= 11 is 3.30. The maximum Gasteiger partial charge on any atom is 0.251 e. The van der Waals surface area contributed by atoms with E-state index in [1.165, 1.54) is 0 Å². The van der Waals surface area contributed by atoms with E-state index in [0.29, 0.717) is 18.7 Å². The Morgan fingerprint density at radius 3 is 2.89 bits per heavy atom. The minimum absolute atomic E-state index is 0.0120. The van der Waals surface area contributed by atoms with Crippen LogP contribution < -0.4 is 11.1 Å². The molecule has 102 valence electrons. The summed E-state index contributed by atoms with van der Waals surface area (Å²) in [5.74, 6) is -0.338. The zero-order valence-corrected chi connectivity index (χ0v) is 12.0. The molecule has 1 heterocycles. The molecule has 19 heavy (non-hydrogen) atoms. The highest BCUT2D eigenvalue weighted by molar-refractivity contribution is 9.10. The lowest BCUT2D eigenvalue weighted by Crippen LogP contribution is -2.40. The fourth-order valence-electron chi connectivity index (χ4n) is 2.01. The van der Waals surface area contributed by atoms with Gasteiger partial charge in [0.15, 0.2) is 0 Å². The summed E-state index contributed by atoms with van der Waals surface area (Å²) in [6, 6.07) is 7.10. The van der Waals surface area contributed by atoms with Crippen molar-refractivity contribution in [3.63, 3.8) is 0 Å². The Labute approximate surface area is 120 Å². The Morgan fingerprint density at radius 2 is 2.26 bits per heavy atom.